The van der Waals surface area contributed by atoms with Gasteiger partial charge in [0, 0.05) is 11.1 Å². The third-order valence-corrected chi connectivity index (χ3v) is 2.93. The Morgan fingerprint density at radius 2 is 2.06 bits per heavy atom. The predicted octanol–water partition coefficient (Wildman–Crippen LogP) is 3.34. The van der Waals surface area contributed by atoms with Crippen LogP contribution in [0.3, 0.4) is 0 Å². The van der Waals surface area contributed by atoms with Crippen molar-refractivity contribution < 1.29 is 8.81 Å². The molecule has 0 fully saturated rings. The lowest BCUT2D eigenvalue weighted by Gasteiger charge is -2.18. The van der Waals surface area contributed by atoms with Crippen molar-refractivity contribution in [2.24, 2.45) is 0 Å². The maximum Gasteiger partial charge on any atom is 0.128 e. The standard InChI is InChI=1S/C14H16FNO/c1-9-6-10(2)13(12(15)7-9)14(16-3)11-4-5-17-8-11/h4-8,14,16H,1-3H3. The van der Waals surface area contributed by atoms with Crippen LogP contribution in [-0.2, 0) is 0 Å². The minimum Gasteiger partial charge on any atom is -0.472 e. The molecule has 2 rings (SSSR count). The highest BCUT2D eigenvalue weighted by Crippen LogP contribution is 2.28. The van der Waals surface area contributed by atoms with Crippen LogP contribution in [0, 0.1) is 19.7 Å². The van der Waals surface area contributed by atoms with Crippen LogP contribution in [0.2, 0.25) is 0 Å². The Bertz CT molecular complexity index is 482. The van der Waals surface area contributed by atoms with Gasteiger partial charge in [0.05, 0.1) is 18.6 Å². The minimum atomic E-state index is -0.178. The lowest BCUT2D eigenvalue weighted by molar-refractivity contribution is 0.547. The van der Waals surface area contributed by atoms with Gasteiger partial charge in [-0.15, -0.1) is 0 Å². The van der Waals surface area contributed by atoms with Gasteiger partial charge >= 0.3 is 0 Å². The van der Waals surface area contributed by atoms with E-state index in [9.17, 15) is 4.39 Å². The number of furan rings is 1. The molecule has 2 nitrogen and oxygen atoms in total. The van der Waals surface area contributed by atoms with Crippen LogP contribution < -0.4 is 5.32 Å². The molecule has 0 aliphatic rings. The van der Waals surface area contributed by atoms with Crippen molar-refractivity contribution in [2.75, 3.05) is 7.05 Å². The van der Waals surface area contributed by atoms with E-state index in [-0.39, 0.29) is 11.9 Å². The molecule has 0 radical (unpaired) electrons. The number of hydrogen-bond acceptors (Lipinski definition) is 2. The third kappa shape index (κ3) is 2.24. The molecule has 0 aliphatic heterocycles. The molecule has 1 aromatic carbocycles. The average Bonchev–Trinajstić information content (AvgIpc) is 2.76. The molecular weight excluding hydrogens is 217 g/mol. The normalized spacial score (nSPS) is 12.7. The number of halogens is 1. The summed E-state index contributed by atoms with van der Waals surface area (Å²) in [5.74, 6) is -0.178. The van der Waals surface area contributed by atoms with Gasteiger partial charge in [-0.2, -0.15) is 0 Å². The molecular formula is C14H16FNO. The van der Waals surface area contributed by atoms with Gasteiger partial charge in [0.1, 0.15) is 5.82 Å². The first-order valence-corrected chi connectivity index (χ1v) is 5.59. The first-order chi connectivity index (χ1) is 8.13. The summed E-state index contributed by atoms with van der Waals surface area (Å²) in [4.78, 5) is 0. The Morgan fingerprint density at radius 1 is 1.29 bits per heavy atom. The first-order valence-electron chi connectivity index (χ1n) is 5.59. The number of aryl methyl sites for hydroxylation is 2. The second-order valence-electron chi connectivity index (χ2n) is 4.26. The Hall–Kier alpha value is -1.61. The fourth-order valence-corrected chi connectivity index (χ4v) is 2.21. The summed E-state index contributed by atoms with van der Waals surface area (Å²) in [6.45, 7) is 3.82. The topological polar surface area (TPSA) is 25.2 Å². The molecule has 90 valence electrons. The summed E-state index contributed by atoms with van der Waals surface area (Å²) < 4.78 is 19.1. The monoisotopic (exact) mass is 233 g/mol. The second kappa shape index (κ2) is 4.72. The zero-order valence-electron chi connectivity index (χ0n) is 10.3. The van der Waals surface area contributed by atoms with Crippen molar-refractivity contribution >= 4 is 0 Å². The Morgan fingerprint density at radius 3 is 2.59 bits per heavy atom. The largest absolute Gasteiger partial charge is 0.472 e. The number of hydrogen-bond donors (Lipinski definition) is 1. The van der Waals surface area contributed by atoms with Crippen molar-refractivity contribution in [3.63, 3.8) is 0 Å². The van der Waals surface area contributed by atoms with Crippen LogP contribution in [0.5, 0.6) is 0 Å². The van der Waals surface area contributed by atoms with Gasteiger partial charge in [0.2, 0.25) is 0 Å². The predicted molar refractivity (Wildman–Crippen MR) is 65.5 cm³/mol. The molecule has 2 aromatic rings. The summed E-state index contributed by atoms with van der Waals surface area (Å²) >= 11 is 0. The van der Waals surface area contributed by atoms with E-state index < -0.39 is 0 Å². The van der Waals surface area contributed by atoms with Gasteiger partial charge in [0.25, 0.3) is 0 Å². The van der Waals surface area contributed by atoms with Gasteiger partial charge < -0.3 is 9.73 Å². The Balaban J connectivity index is 2.52. The van der Waals surface area contributed by atoms with Crippen LogP contribution in [0.4, 0.5) is 4.39 Å². The number of nitrogens with one attached hydrogen (secondary N) is 1. The van der Waals surface area contributed by atoms with Gasteiger partial charge in [0.15, 0.2) is 0 Å². The average molecular weight is 233 g/mol. The fourth-order valence-electron chi connectivity index (χ4n) is 2.21. The first kappa shape index (κ1) is 11.9. The van der Waals surface area contributed by atoms with E-state index >= 15 is 0 Å². The van der Waals surface area contributed by atoms with Crippen LogP contribution in [0.1, 0.15) is 28.3 Å². The van der Waals surface area contributed by atoms with Crippen LogP contribution in [-0.4, -0.2) is 7.05 Å². The van der Waals surface area contributed by atoms with E-state index in [2.05, 4.69) is 5.32 Å². The summed E-state index contributed by atoms with van der Waals surface area (Å²) in [6.07, 6.45) is 3.24. The van der Waals surface area contributed by atoms with E-state index in [1.54, 1.807) is 18.6 Å². The molecule has 3 heteroatoms. The molecule has 0 saturated heterocycles. The molecule has 0 spiro atoms. The third-order valence-electron chi connectivity index (χ3n) is 2.93. The van der Waals surface area contributed by atoms with Crippen molar-refractivity contribution in [1.82, 2.24) is 5.32 Å². The van der Waals surface area contributed by atoms with Crippen LogP contribution in [0.15, 0.2) is 35.1 Å². The lowest BCUT2D eigenvalue weighted by Crippen LogP contribution is -2.19. The molecule has 0 aliphatic carbocycles. The van der Waals surface area contributed by atoms with Crippen molar-refractivity contribution in [3.05, 3.63) is 58.8 Å². The number of benzene rings is 1. The lowest BCUT2D eigenvalue weighted by atomic mass is 9.95. The Labute approximate surface area is 100 Å². The van der Waals surface area contributed by atoms with Gasteiger partial charge in [-0.05, 0) is 44.2 Å². The zero-order valence-corrected chi connectivity index (χ0v) is 10.3. The summed E-state index contributed by atoms with van der Waals surface area (Å²) in [7, 11) is 1.82. The molecule has 0 bridgehead atoms. The summed E-state index contributed by atoms with van der Waals surface area (Å²) in [5, 5.41) is 3.12. The van der Waals surface area contributed by atoms with Gasteiger partial charge in [-0.25, -0.2) is 4.39 Å². The highest BCUT2D eigenvalue weighted by Gasteiger charge is 2.19. The molecule has 1 N–H and O–H groups in total. The van der Waals surface area contributed by atoms with Crippen molar-refractivity contribution in [2.45, 2.75) is 19.9 Å². The molecule has 1 atom stereocenters. The van der Waals surface area contributed by atoms with Gasteiger partial charge in [-0.3, -0.25) is 0 Å². The summed E-state index contributed by atoms with van der Waals surface area (Å²) in [5.41, 5.74) is 3.49. The van der Waals surface area contributed by atoms with Gasteiger partial charge in [-0.1, -0.05) is 6.07 Å². The molecule has 1 aromatic heterocycles. The zero-order chi connectivity index (χ0) is 12.4. The quantitative estimate of drug-likeness (QED) is 0.879. The molecule has 17 heavy (non-hydrogen) atoms. The maximum atomic E-state index is 14.1. The molecule has 1 heterocycles. The molecule has 1 unspecified atom stereocenters. The van der Waals surface area contributed by atoms with E-state index in [1.165, 1.54) is 0 Å². The van der Waals surface area contributed by atoms with Crippen molar-refractivity contribution in [1.29, 1.82) is 0 Å². The highest BCUT2D eigenvalue weighted by molar-refractivity contribution is 5.39. The smallest absolute Gasteiger partial charge is 0.128 e. The van der Waals surface area contributed by atoms with Crippen molar-refractivity contribution in [3.8, 4) is 0 Å². The van der Waals surface area contributed by atoms with E-state index in [4.69, 9.17) is 4.42 Å². The van der Waals surface area contributed by atoms with E-state index in [0.29, 0.717) is 5.56 Å². The highest BCUT2D eigenvalue weighted by atomic mass is 19.1. The number of rotatable bonds is 3. The minimum absolute atomic E-state index is 0.172. The van der Waals surface area contributed by atoms with E-state index in [1.807, 2.05) is 33.0 Å². The van der Waals surface area contributed by atoms with Crippen LogP contribution in [0.25, 0.3) is 0 Å². The summed E-state index contributed by atoms with van der Waals surface area (Å²) in [6, 6.07) is 5.23. The fraction of sp³-hybridized carbons (Fsp3) is 0.286. The molecule has 0 saturated carbocycles. The maximum absolute atomic E-state index is 14.1. The molecule has 0 amide bonds. The SMILES string of the molecule is CNC(c1ccoc1)c1c(C)cc(C)cc1F. The van der Waals surface area contributed by atoms with Crippen LogP contribution >= 0.6 is 0 Å². The van der Waals surface area contributed by atoms with E-state index in [0.717, 1.165) is 16.7 Å². The Kier molecular flexibility index (Phi) is 3.29. The second-order valence-corrected chi connectivity index (χ2v) is 4.26.